The standard InChI is InChI=1S/C57H100O9/c1-3-5-7-9-11-13-15-17-19-21-22-23-24-25-26-27-28-29-31-33-35-37-39-41-43-45-47-63-49-51(50-64-57-56(62)55(61)54(60)52(48-58)66-57)65-53(59)46-44-42-40-38-36-34-32-30-20-18-16-14-12-10-8-6-4-2/h5,7,11,13,17,19,22-23,25-26,28-29,51-52,54-58,60-62H,3-4,6,8-10,12,14-16,18,20-21,24,27,30-50H2,1-2H3/b7-5-,13-11-,19-17-,23-22-,26-25-,29-28-. The van der Waals surface area contributed by atoms with Gasteiger partial charge in [-0.05, 0) is 64.2 Å². The summed E-state index contributed by atoms with van der Waals surface area (Å²) in [6.45, 7) is 4.44. The number of aliphatic hydroxyl groups excluding tert-OH is 4. The van der Waals surface area contributed by atoms with Gasteiger partial charge < -0.3 is 39.4 Å². The summed E-state index contributed by atoms with van der Waals surface area (Å²) in [7, 11) is 0. The van der Waals surface area contributed by atoms with Gasteiger partial charge in [-0.3, -0.25) is 4.79 Å². The molecule has 0 amide bonds. The lowest BCUT2D eigenvalue weighted by Crippen LogP contribution is -2.59. The Morgan fingerprint density at radius 3 is 1.39 bits per heavy atom. The van der Waals surface area contributed by atoms with Gasteiger partial charge in [0.1, 0.15) is 30.5 Å². The van der Waals surface area contributed by atoms with Crippen LogP contribution in [0.15, 0.2) is 72.9 Å². The summed E-state index contributed by atoms with van der Waals surface area (Å²) in [4.78, 5) is 12.8. The zero-order valence-electron chi connectivity index (χ0n) is 42.2. The van der Waals surface area contributed by atoms with Crippen LogP contribution in [-0.2, 0) is 23.7 Å². The van der Waals surface area contributed by atoms with E-state index in [1.54, 1.807) is 0 Å². The number of carbonyl (C=O) groups is 1. The fraction of sp³-hybridized carbons (Fsp3) is 0.772. The third kappa shape index (κ3) is 37.6. The molecule has 4 N–H and O–H groups in total. The largest absolute Gasteiger partial charge is 0.457 e. The Morgan fingerprint density at radius 2 is 0.924 bits per heavy atom. The molecule has 0 bridgehead atoms. The third-order valence-corrected chi connectivity index (χ3v) is 12.1. The molecule has 1 aliphatic heterocycles. The summed E-state index contributed by atoms with van der Waals surface area (Å²) in [5, 5.41) is 40.3. The number of hydrogen-bond acceptors (Lipinski definition) is 9. The van der Waals surface area contributed by atoms with E-state index in [0.717, 1.165) is 83.5 Å². The van der Waals surface area contributed by atoms with Gasteiger partial charge in [0.25, 0.3) is 0 Å². The minimum atomic E-state index is -1.54. The minimum absolute atomic E-state index is 0.119. The lowest BCUT2D eigenvalue weighted by Gasteiger charge is -2.39. The van der Waals surface area contributed by atoms with Crippen molar-refractivity contribution < 1.29 is 44.2 Å². The molecule has 0 spiro atoms. The van der Waals surface area contributed by atoms with Gasteiger partial charge in [-0.25, -0.2) is 0 Å². The summed E-state index contributed by atoms with van der Waals surface area (Å²) in [6.07, 6.45) is 56.5. The van der Waals surface area contributed by atoms with Gasteiger partial charge in [0.2, 0.25) is 0 Å². The molecule has 6 atom stereocenters. The molecule has 0 aliphatic carbocycles. The van der Waals surface area contributed by atoms with Crippen LogP contribution in [0.4, 0.5) is 0 Å². The molecule has 1 fully saturated rings. The number of hydrogen-bond donors (Lipinski definition) is 4. The summed E-state index contributed by atoms with van der Waals surface area (Å²) >= 11 is 0. The number of rotatable bonds is 46. The van der Waals surface area contributed by atoms with Crippen molar-refractivity contribution in [1.29, 1.82) is 0 Å². The predicted molar refractivity (Wildman–Crippen MR) is 274 cm³/mol. The Kier molecular flexibility index (Phi) is 44.5. The first-order valence-electron chi connectivity index (χ1n) is 27.0. The van der Waals surface area contributed by atoms with E-state index in [9.17, 15) is 25.2 Å². The van der Waals surface area contributed by atoms with Gasteiger partial charge in [0.15, 0.2) is 6.29 Å². The SMILES string of the molecule is CC/C=C\C/C=C\C/C=C\C/C=C\C/C=C\C/C=C\CCCCCCCCCOCC(COC1OC(CO)C(O)C(O)C1O)OC(=O)CCCCCCCCCCCCCCCCCCC. The zero-order valence-corrected chi connectivity index (χ0v) is 42.2. The van der Waals surface area contributed by atoms with Crippen molar-refractivity contribution >= 4 is 5.97 Å². The summed E-state index contributed by atoms with van der Waals surface area (Å²) in [6, 6.07) is 0. The molecule has 1 aliphatic rings. The molecular formula is C57H100O9. The molecular weight excluding hydrogens is 829 g/mol. The minimum Gasteiger partial charge on any atom is -0.457 e. The van der Waals surface area contributed by atoms with Crippen LogP contribution < -0.4 is 0 Å². The van der Waals surface area contributed by atoms with E-state index in [4.69, 9.17) is 18.9 Å². The highest BCUT2D eigenvalue weighted by molar-refractivity contribution is 5.69. The molecule has 0 saturated carbocycles. The molecule has 1 heterocycles. The smallest absolute Gasteiger partial charge is 0.306 e. The third-order valence-electron chi connectivity index (χ3n) is 12.1. The Labute approximate surface area is 404 Å². The van der Waals surface area contributed by atoms with Gasteiger partial charge >= 0.3 is 5.97 Å². The molecule has 66 heavy (non-hydrogen) atoms. The zero-order chi connectivity index (χ0) is 47.8. The van der Waals surface area contributed by atoms with Gasteiger partial charge in [0.05, 0.1) is 19.8 Å². The molecule has 9 heteroatoms. The lowest BCUT2D eigenvalue weighted by atomic mass is 9.99. The predicted octanol–water partition coefficient (Wildman–Crippen LogP) is 13.6. The van der Waals surface area contributed by atoms with Gasteiger partial charge in [-0.2, -0.15) is 0 Å². The quantitative estimate of drug-likeness (QED) is 0.0267. The second kappa shape index (κ2) is 47.7. The van der Waals surface area contributed by atoms with Crippen LogP contribution in [0.25, 0.3) is 0 Å². The first kappa shape index (κ1) is 61.6. The van der Waals surface area contributed by atoms with Crippen LogP contribution in [0.3, 0.4) is 0 Å². The second-order valence-corrected chi connectivity index (χ2v) is 18.3. The Balaban J connectivity index is 2.19. The van der Waals surface area contributed by atoms with E-state index in [1.165, 1.54) is 116 Å². The molecule has 1 rings (SSSR count). The summed E-state index contributed by atoms with van der Waals surface area (Å²) in [5.41, 5.74) is 0. The summed E-state index contributed by atoms with van der Waals surface area (Å²) < 4.78 is 22.9. The van der Waals surface area contributed by atoms with E-state index in [2.05, 4.69) is 86.8 Å². The fourth-order valence-corrected chi connectivity index (χ4v) is 7.97. The maximum Gasteiger partial charge on any atom is 0.306 e. The average Bonchev–Trinajstić information content (AvgIpc) is 3.32. The Morgan fingerprint density at radius 1 is 0.500 bits per heavy atom. The van der Waals surface area contributed by atoms with Crippen molar-refractivity contribution in [3.05, 3.63) is 72.9 Å². The van der Waals surface area contributed by atoms with Crippen molar-refractivity contribution in [2.24, 2.45) is 0 Å². The van der Waals surface area contributed by atoms with Crippen LogP contribution >= 0.6 is 0 Å². The second-order valence-electron chi connectivity index (χ2n) is 18.3. The van der Waals surface area contributed by atoms with E-state index in [1.807, 2.05) is 0 Å². The molecule has 0 aromatic carbocycles. The number of unbranched alkanes of at least 4 members (excludes halogenated alkanes) is 23. The van der Waals surface area contributed by atoms with Crippen molar-refractivity contribution in [3.63, 3.8) is 0 Å². The van der Waals surface area contributed by atoms with Gasteiger partial charge in [0, 0.05) is 13.0 Å². The van der Waals surface area contributed by atoms with Gasteiger partial charge in [-0.1, -0.05) is 222 Å². The van der Waals surface area contributed by atoms with Crippen LogP contribution in [0.1, 0.15) is 219 Å². The highest BCUT2D eigenvalue weighted by atomic mass is 16.7. The number of allylic oxidation sites excluding steroid dienone is 12. The lowest BCUT2D eigenvalue weighted by molar-refractivity contribution is -0.305. The first-order chi connectivity index (χ1) is 32.4. The molecule has 0 aromatic rings. The van der Waals surface area contributed by atoms with Crippen LogP contribution in [0.5, 0.6) is 0 Å². The van der Waals surface area contributed by atoms with Crippen molar-refractivity contribution in [1.82, 2.24) is 0 Å². The highest BCUT2D eigenvalue weighted by Gasteiger charge is 2.44. The maximum atomic E-state index is 12.8. The number of ether oxygens (including phenoxy) is 4. The molecule has 1 saturated heterocycles. The van der Waals surface area contributed by atoms with E-state index < -0.39 is 43.4 Å². The maximum absolute atomic E-state index is 12.8. The fourth-order valence-electron chi connectivity index (χ4n) is 7.97. The number of esters is 1. The Hall–Kier alpha value is -2.37. The van der Waals surface area contributed by atoms with E-state index in [0.29, 0.717) is 13.0 Å². The van der Waals surface area contributed by atoms with Crippen molar-refractivity contribution in [3.8, 4) is 0 Å². The van der Waals surface area contributed by atoms with Crippen molar-refractivity contribution in [2.75, 3.05) is 26.4 Å². The topological polar surface area (TPSA) is 135 Å². The van der Waals surface area contributed by atoms with Crippen LogP contribution in [-0.4, -0.2) is 89.6 Å². The number of aliphatic hydroxyl groups is 4. The molecule has 9 nitrogen and oxygen atoms in total. The Bertz CT molecular complexity index is 1240. The van der Waals surface area contributed by atoms with Crippen molar-refractivity contribution in [2.45, 2.75) is 256 Å². The number of carbonyl (C=O) groups excluding carboxylic acids is 1. The first-order valence-corrected chi connectivity index (χ1v) is 27.0. The molecule has 6 unspecified atom stereocenters. The average molecular weight is 929 g/mol. The van der Waals surface area contributed by atoms with E-state index in [-0.39, 0.29) is 19.2 Å². The molecule has 0 aromatic heterocycles. The summed E-state index contributed by atoms with van der Waals surface area (Å²) in [5.74, 6) is -0.317. The van der Waals surface area contributed by atoms with Crippen LogP contribution in [0, 0.1) is 0 Å². The monoisotopic (exact) mass is 929 g/mol. The molecule has 0 radical (unpaired) electrons. The highest BCUT2D eigenvalue weighted by Crippen LogP contribution is 2.23. The van der Waals surface area contributed by atoms with E-state index >= 15 is 0 Å². The normalized spacial score (nSPS) is 19.9. The van der Waals surface area contributed by atoms with Gasteiger partial charge in [-0.15, -0.1) is 0 Å². The molecule has 382 valence electrons. The van der Waals surface area contributed by atoms with Crippen LogP contribution in [0.2, 0.25) is 0 Å².